The minimum absolute atomic E-state index is 0.0463. The summed E-state index contributed by atoms with van der Waals surface area (Å²) >= 11 is 0. The van der Waals surface area contributed by atoms with Crippen LogP contribution >= 0.6 is 0 Å². The molecule has 3 aromatic rings. The summed E-state index contributed by atoms with van der Waals surface area (Å²) in [6, 6.07) is 12.9. The molecule has 2 N–H and O–H groups in total. The first kappa shape index (κ1) is 22.3. The molecule has 3 aliphatic rings. The lowest BCUT2D eigenvalue weighted by atomic mass is 10.0. The van der Waals surface area contributed by atoms with Gasteiger partial charge in [0.05, 0.1) is 24.9 Å². The summed E-state index contributed by atoms with van der Waals surface area (Å²) in [7, 11) is 0. The Balaban J connectivity index is 1.35. The number of morpholine rings is 1. The molecule has 10 nitrogen and oxygen atoms in total. The van der Waals surface area contributed by atoms with Crippen molar-refractivity contribution in [3.05, 3.63) is 65.0 Å². The van der Waals surface area contributed by atoms with Crippen LogP contribution in [0.4, 0.5) is 11.4 Å². The summed E-state index contributed by atoms with van der Waals surface area (Å²) in [5.41, 5.74) is 9.77. The van der Waals surface area contributed by atoms with Crippen LogP contribution in [-0.2, 0) is 22.4 Å². The molecule has 6 rings (SSSR count). The van der Waals surface area contributed by atoms with Gasteiger partial charge in [-0.25, -0.2) is 4.68 Å². The van der Waals surface area contributed by atoms with Crippen LogP contribution in [-0.4, -0.2) is 59.9 Å². The van der Waals surface area contributed by atoms with E-state index in [2.05, 4.69) is 5.10 Å². The van der Waals surface area contributed by atoms with Crippen molar-refractivity contribution in [2.75, 3.05) is 36.1 Å². The van der Waals surface area contributed by atoms with E-state index in [1.165, 1.54) is 4.68 Å². The fourth-order valence-electron chi connectivity index (χ4n) is 5.06. The van der Waals surface area contributed by atoms with Crippen LogP contribution in [0.25, 0.3) is 5.69 Å². The topological polar surface area (TPSA) is 120 Å². The van der Waals surface area contributed by atoms with Crippen molar-refractivity contribution in [1.82, 2.24) is 9.78 Å². The van der Waals surface area contributed by atoms with Gasteiger partial charge in [0.2, 0.25) is 0 Å². The molecule has 3 aliphatic heterocycles. The zero-order valence-corrected chi connectivity index (χ0v) is 19.8. The molecular weight excluding hydrogens is 462 g/mol. The zero-order valence-electron chi connectivity index (χ0n) is 19.8. The lowest BCUT2D eigenvalue weighted by Gasteiger charge is -2.32. The summed E-state index contributed by atoms with van der Waals surface area (Å²) in [6.45, 7) is 3.45. The maximum atomic E-state index is 13.8. The number of hydrogen-bond acceptors (Lipinski definition) is 6. The molecule has 0 bridgehead atoms. The van der Waals surface area contributed by atoms with Gasteiger partial charge in [-0.3, -0.25) is 14.4 Å². The normalized spacial score (nSPS) is 19.2. The highest BCUT2D eigenvalue weighted by atomic mass is 16.5. The van der Waals surface area contributed by atoms with Gasteiger partial charge in [-0.1, -0.05) is 0 Å². The van der Waals surface area contributed by atoms with E-state index in [1.54, 1.807) is 9.80 Å². The molecule has 184 valence electrons. The molecule has 4 heterocycles. The van der Waals surface area contributed by atoms with Crippen LogP contribution in [0.5, 0.6) is 5.75 Å². The molecule has 0 saturated carbocycles. The molecular formula is C26H25N5O5. The van der Waals surface area contributed by atoms with Crippen LogP contribution in [0.15, 0.2) is 42.5 Å². The minimum atomic E-state index is -0.662. The smallest absolute Gasteiger partial charge is 0.277 e. The Kier molecular flexibility index (Phi) is 5.26. The maximum Gasteiger partial charge on any atom is 0.277 e. The second-order valence-corrected chi connectivity index (χ2v) is 9.19. The first-order valence-electron chi connectivity index (χ1n) is 11.9. The van der Waals surface area contributed by atoms with E-state index in [0.29, 0.717) is 48.7 Å². The number of carbonyl (C=O) groups is 3. The van der Waals surface area contributed by atoms with Crippen LogP contribution in [0, 0.1) is 0 Å². The highest BCUT2D eigenvalue weighted by Gasteiger charge is 2.35. The van der Waals surface area contributed by atoms with E-state index in [0.717, 1.165) is 23.4 Å². The second-order valence-electron chi connectivity index (χ2n) is 9.19. The number of benzene rings is 2. The van der Waals surface area contributed by atoms with Crippen LogP contribution in [0.1, 0.15) is 39.0 Å². The Bertz CT molecular complexity index is 1400. The highest BCUT2D eigenvalue weighted by Crippen LogP contribution is 2.32. The van der Waals surface area contributed by atoms with Crippen molar-refractivity contribution in [1.29, 1.82) is 0 Å². The molecule has 36 heavy (non-hydrogen) atoms. The number of nitrogens with two attached hydrogens (primary N) is 1. The predicted molar refractivity (Wildman–Crippen MR) is 131 cm³/mol. The van der Waals surface area contributed by atoms with Gasteiger partial charge in [0.1, 0.15) is 18.1 Å². The van der Waals surface area contributed by atoms with Crippen molar-refractivity contribution >= 4 is 29.1 Å². The molecule has 1 aromatic heterocycles. The standard InChI is InChI=1S/C26H25N5O5/c1-15-13-30(22(32)14-36-15)18-4-2-17(3-5-18)29-10-8-20-23(25(27)33)28-31(24(20)26(29)34)19-6-7-21-16(12-19)9-11-35-21/h2-7,12,15H,8-11,13-14H2,1H3,(H2,27,33)/t15-/m0/s1. The summed E-state index contributed by atoms with van der Waals surface area (Å²) in [6.07, 6.45) is 1.16. The van der Waals surface area contributed by atoms with Gasteiger partial charge >= 0.3 is 0 Å². The second kappa shape index (κ2) is 8.49. The molecule has 0 aliphatic carbocycles. The molecule has 0 unspecified atom stereocenters. The highest BCUT2D eigenvalue weighted by molar-refractivity contribution is 6.09. The quantitative estimate of drug-likeness (QED) is 0.600. The molecule has 10 heteroatoms. The average Bonchev–Trinajstić information content (AvgIpc) is 3.51. The van der Waals surface area contributed by atoms with Crippen LogP contribution in [0.3, 0.4) is 0 Å². The van der Waals surface area contributed by atoms with Gasteiger partial charge in [0, 0.05) is 29.9 Å². The van der Waals surface area contributed by atoms with Gasteiger partial charge in [-0.05, 0) is 61.4 Å². The van der Waals surface area contributed by atoms with Gasteiger partial charge in [-0.15, -0.1) is 0 Å². The van der Waals surface area contributed by atoms with E-state index in [9.17, 15) is 14.4 Å². The van der Waals surface area contributed by atoms with Gasteiger partial charge in [-0.2, -0.15) is 5.10 Å². The Morgan fingerprint density at radius 3 is 2.50 bits per heavy atom. The minimum Gasteiger partial charge on any atom is -0.493 e. The number of fused-ring (bicyclic) bond motifs is 2. The summed E-state index contributed by atoms with van der Waals surface area (Å²) in [5.74, 6) is -0.209. The number of nitrogens with zero attached hydrogens (tertiary/aromatic N) is 4. The monoisotopic (exact) mass is 487 g/mol. The average molecular weight is 488 g/mol. The number of amides is 3. The molecule has 3 amide bonds. The Morgan fingerprint density at radius 1 is 1.03 bits per heavy atom. The van der Waals surface area contributed by atoms with Gasteiger partial charge < -0.3 is 25.0 Å². The summed E-state index contributed by atoms with van der Waals surface area (Å²) in [5, 5.41) is 4.45. The summed E-state index contributed by atoms with van der Waals surface area (Å²) in [4.78, 5) is 41.6. The number of hydrogen-bond donors (Lipinski definition) is 1. The first-order valence-corrected chi connectivity index (χ1v) is 11.9. The van der Waals surface area contributed by atoms with Crippen molar-refractivity contribution in [3.63, 3.8) is 0 Å². The molecule has 1 fully saturated rings. The third kappa shape index (κ3) is 3.61. The Morgan fingerprint density at radius 2 is 1.75 bits per heavy atom. The number of ether oxygens (including phenoxy) is 2. The molecule has 1 saturated heterocycles. The Hall–Kier alpha value is -4.18. The van der Waals surface area contributed by atoms with E-state index >= 15 is 0 Å². The van der Waals surface area contributed by atoms with Crippen molar-refractivity contribution in [2.45, 2.75) is 25.9 Å². The van der Waals surface area contributed by atoms with Crippen molar-refractivity contribution < 1.29 is 23.9 Å². The summed E-state index contributed by atoms with van der Waals surface area (Å²) < 4.78 is 12.5. The third-order valence-electron chi connectivity index (χ3n) is 6.87. The first-order chi connectivity index (χ1) is 17.4. The third-order valence-corrected chi connectivity index (χ3v) is 6.87. The number of aromatic nitrogens is 2. The largest absolute Gasteiger partial charge is 0.493 e. The predicted octanol–water partition coefficient (Wildman–Crippen LogP) is 1.86. The number of rotatable bonds is 4. The Labute approximate surface area is 207 Å². The van der Waals surface area contributed by atoms with Gasteiger partial charge in [0.25, 0.3) is 17.7 Å². The van der Waals surface area contributed by atoms with E-state index in [1.807, 2.05) is 49.4 Å². The number of primary amides is 1. The lowest BCUT2D eigenvalue weighted by Crippen LogP contribution is -2.45. The number of anilines is 2. The van der Waals surface area contributed by atoms with Crippen LogP contribution < -0.4 is 20.3 Å². The fraction of sp³-hybridized carbons (Fsp3) is 0.308. The molecule has 0 spiro atoms. The van der Waals surface area contributed by atoms with E-state index in [-0.39, 0.29) is 30.2 Å². The molecule has 1 atom stereocenters. The fourth-order valence-corrected chi connectivity index (χ4v) is 5.06. The van der Waals surface area contributed by atoms with E-state index < -0.39 is 5.91 Å². The SMILES string of the molecule is C[C@H]1CN(c2ccc(N3CCc4c(C(N)=O)nn(-c5ccc6c(c5)CCO6)c4C3=O)cc2)C(=O)CO1. The van der Waals surface area contributed by atoms with E-state index in [4.69, 9.17) is 15.2 Å². The maximum absolute atomic E-state index is 13.8. The lowest BCUT2D eigenvalue weighted by molar-refractivity contribution is -0.128. The van der Waals surface area contributed by atoms with Crippen molar-refractivity contribution in [3.8, 4) is 11.4 Å². The molecule has 0 radical (unpaired) electrons. The van der Waals surface area contributed by atoms with Crippen LogP contribution in [0.2, 0.25) is 0 Å². The molecule has 2 aromatic carbocycles. The zero-order chi connectivity index (χ0) is 25.0. The van der Waals surface area contributed by atoms with Gasteiger partial charge in [0.15, 0.2) is 5.69 Å². The number of carbonyl (C=O) groups excluding carboxylic acids is 3. The van der Waals surface area contributed by atoms with Crippen molar-refractivity contribution in [2.24, 2.45) is 5.73 Å².